The van der Waals surface area contributed by atoms with Crippen LogP contribution in [0.4, 0.5) is 0 Å². The van der Waals surface area contributed by atoms with Gasteiger partial charge in [0.05, 0.1) is 31.8 Å². The van der Waals surface area contributed by atoms with Crippen LogP contribution in [0.15, 0.2) is 0 Å². The molecule has 0 heterocycles. The van der Waals surface area contributed by atoms with Crippen LogP contribution in [-0.2, 0) is 19.1 Å². The van der Waals surface area contributed by atoms with Crippen LogP contribution in [0.25, 0.3) is 0 Å². The molecule has 0 radical (unpaired) electrons. The Kier molecular flexibility index (Phi) is 10.7. The molecule has 118 valence electrons. The fourth-order valence-corrected chi connectivity index (χ4v) is 1.48. The summed E-state index contributed by atoms with van der Waals surface area (Å²) in [6.07, 6.45) is 0.346. The van der Waals surface area contributed by atoms with Gasteiger partial charge in [-0.15, -0.1) is 0 Å². The van der Waals surface area contributed by atoms with E-state index in [4.69, 9.17) is 9.47 Å². The van der Waals surface area contributed by atoms with Crippen molar-refractivity contribution in [1.82, 2.24) is 10.6 Å². The Labute approximate surface area is 129 Å². The Morgan fingerprint density at radius 1 is 1.00 bits per heavy atom. The van der Waals surface area contributed by atoms with E-state index in [0.717, 1.165) is 0 Å². The third kappa shape index (κ3) is 13.8. The van der Waals surface area contributed by atoms with Crippen LogP contribution >= 0.6 is 15.9 Å². The van der Waals surface area contributed by atoms with E-state index in [1.165, 1.54) is 0 Å². The molecule has 0 saturated carbocycles. The third-order valence-electron chi connectivity index (χ3n) is 2.05. The maximum Gasteiger partial charge on any atom is 0.230 e. The third-order valence-corrected chi connectivity index (χ3v) is 2.56. The highest BCUT2D eigenvalue weighted by atomic mass is 79.9. The SMILES string of the molecule is CC(C)(C)NC(=O)CCOCCOCCNC(=O)CBr. The minimum Gasteiger partial charge on any atom is -0.379 e. The normalized spacial score (nSPS) is 11.2. The van der Waals surface area contributed by atoms with Gasteiger partial charge >= 0.3 is 0 Å². The number of alkyl halides is 1. The molecule has 0 spiro atoms. The summed E-state index contributed by atoms with van der Waals surface area (Å²) >= 11 is 3.05. The van der Waals surface area contributed by atoms with Crippen LogP contribution in [-0.4, -0.2) is 55.7 Å². The van der Waals surface area contributed by atoms with Crippen LogP contribution in [0.3, 0.4) is 0 Å². The van der Waals surface area contributed by atoms with Gasteiger partial charge in [0.15, 0.2) is 0 Å². The smallest absolute Gasteiger partial charge is 0.230 e. The lowest BCUT2D eigenvalue weighted by Gasteiger charge is -2.20. The molecule has 0 aliphatic heterocycles. The first-order valence-electron chi connectivity index (χ1n) is 6.64. The van der Waals surface area contributed by atoms with Gasteiger partial charge in [0, 0.05) is 18.5 Å². The first-order chi connectivity index (χ1) is 9.35. The number of nitrogens with one attached hydrogen (secondary N) is 2. The fourth-order valence-electron chi connectivity index (χ4n) is 1.28. The summed E-state index contributed by atoms with van der Waals surface area (Å²) in [5, 5.41) is 5.82. The second-order valence-electron chi connectivity index (χ2n) is 5.26. The number of ether oxygens (including phenoxy) is 2. The van der Waals surface area contributed by atoms with E-state index in [2.05, 4.69) is 26.6 Å². The van der Waals surface area contributed by atoms with Crippen molar-refractivity contribution in [3.63, 3.8) is 0 Å². The van der Waals surface area contributed by atoms with Gasteiger partial charge in [-0.3, -0.25) is 9.59 Å². The predicted molar refractivity (Wildman–Crippen MR) is 81.0 cm³/mol. The maximum atomic E-state index is 11.5. The van der Waals surface area contributed by atoms with Crippen molar-refractivity contribution in [3.8, 4) is 0 Å². The van der Waals surface area contributed by atoms with Gasteiger partial charge in [-0.05, 0) is 20.8 Å². The molecule has 0 unspecified atom stereocenters. The highest BCUT2D eigenvalue weighted by molar-refractivity contribution is 9.09. The Bertz CT molecular complexity index is 293. The summed E-state index contributed by atoms with van der Waals surface area (Å²) < 4.78 is 10.5. The number of hydrogen-bond acceptors (Lipinski definition) is 4. The van der Waals surface area contributed by atoms with E-state index in [-0.39, 0.29) is 17.4 Å². The average Bonchev–Trinajstić information content (AvgIpc) is 2.34. The van der Waals surface area contributed by atoms with Crippen LogP contribution in [0.5, 0.6) is 0 Å². The van der Waals surface area contributed by atoms with E-state index in [1.54, 1.807) is 0 Å². The van der Waals surface area contributed by atoms with Crippen molar-refractivity contribution in [2.75, 3.05) is 38.3 Å². The summed E-state index contributed by atoms with van der Waals surface area (Å²) in [6, 6.07) is 0. The number of carbonyl (C=O) groups excluding carboxylic acids is 2. The van der Waals surface area contributed by atoms with Crippen molar-refractivity contribution in [2.45, 2.75) is 32.7 Å². The van der Waals surface area contributed by atoms with Crippen molar-refractivity contribution < 1.29 is 19.1 Å². The molecule has 0 aromatic carbocycles. The summed E-state index contributed by atoms with van der Waals surface area (Å²) in [5.41, 5.74) is -0.209. The standard InChI is InChI=1S/C13H25BrN2O4/c1-13(2,3)16-11(17)4-6-19-8-9-20-7-5-15-12(18)10-14/h4-10H2,1-3H3,(H,15,18)(H,16,17). The van der Waals surface area contributed by atoms with Crippen molar-refractivity contribution in [1.29, 1.82) is 0 Å². The first-order valence-corrected chi connectivity index (χ1v) is 7.76. The molecular formula is C13H25BrN2O4. The van der Waals surface area contributed by atoms with E-state index < -0.39 is 0 Å². The monoisotopic (exact) mass is 352 g/mol. The summed E-state index contributed by atoms with van der Waals surface area (Å²) in [6.45, 7) is 8.02. The van der Waals surface area contributed by atoms with Crippen molar-refractivity contribution in [2.24, 2.45) is 0 Å². The molecule has 20 heavy (non-hydrogen) atoms. The van der Waals surface area contributed by atoms with Gasteiger partial charge in [-0.1, -0.05) is 15.9 Å². The topological polar surface area (TPSA) is 76.7 Å². The quantitative estimate of drug-likeness (QED) is 0.451. The van der Waals surface area contributed by atoms with Crippen LogP contribution in [0.2, 0.25) is 0 Å². The summed E-state index contributed by atoms with van der Waals surface area (Å²) in [4.78, 5) is 22.3. The second kappa shape index (κ2) is 11.0. The molecule has 0 aliphatic carbocycles. The number of halogens is 1. The molecule has 0 atom stereocenters. The number of rotatable bonds is 10. The van der Waals surface area contributed by atoms with Gasteiger partial charge in [0.2, 0.25) is 11.8 Å². The van der Waals surface area contributed by atoms with E-state index in [9.17, 15) is 9.59 Å². The molecule has 0 bridgehead atoms. The number of carbonyl (C=O) groups is 2. The lowest BCUT2D eigenvalue weighted by molar-refractivity contribution is -0.123. The second-order valence-corrected chi connectivity index (χ2v) is 5.82. The zero-order valence-electron chi connectivity index (χ0n) is 12.5. The number of hydrogen-bond donors (Lipinski definition) is 2. The lowest BCUT2D eigenvalue weighted by atomic mass is 10.1. The average molecular weight is 353 g/mol. The Morgan fingerprint density at radius 3 is 2.15 bits per heavy atom. The van der Waals surface area contributed by atoms with Crippen LogP contribution in [0, 0.1) is 0 Å². The zero-order valence-corrected chi connectivity index (χ0v) is 14.0. The lowest BCUT2D eigenvalue weighted by Crippen LogP contribution is -2.40. The minimum atomic E-state index is -0.209. The van der Waals surface area contributed by atoms with E-state index in [0.29, 0.717) is 44.7 Å². The highest BCUT2D eigenvalue weighted by Gasteiger charge is 2.12. The van der Waals surface area contributed by atoms with Crippen LogP contribution < -0.4 is 10.6 Å². The molecule has 2 N–H and O–H groups in total. The fraction of sp³-hybridized carbons (Fsp3) is 0.846. The first kappa shape index (κ1) is 19.3. The molecule has 0 rings (SSSR count). The van der Waals surface area contributed by atoms with E-state index >= 15 is 0 Å². The molecule has 0 aliphatic rings. The Balaban J connectivity index is 3.29. The van der Waals surface area contributed by atoms with Gasteiger partial charge < -0.3 is 20.1 Å². The minimum absolute atomic E-state index is 0.0177. The van der Waals surface area contributed by atoms with Crippen molar-refractivity contribution in [3.05, 3.63) is 0 Å². The van der Waals surface area contributed by atoms with E-state index in [1.807, 2.05) is 20.8 Å². The Morgan fingerprint density at radius 2 is 1.60 bits per heavy atom. The molecule has 2 amide bonds. The number of amides is 2. The van der Waals surface area contributed by atoms with Gasteiger partial charge in [0.25, 0.3) is 0 Å². The van der Waals surface area contributed by atoms with Crippen molar-refractivity contribution >= 4 is 27.7 Å². The van der Waals surface area contributed by atoms with Gasteiger partial charge in [0.1, 0.15) is 0 Å². The van der Waals surface area contributed by atoms with Gasteiger partial charge in [-0.2, -0.15) is 0 Å². The predicted octanol–water partition coefficient (Wildman–Crippen LogP) is 0.836. The molecule has 6 nitrogen and oxygen atoms in total. The molecule has 0 aromatic rings. The summed E-state index contributed by atoms with van der Waals surface area (Å²) in [5.74, 6) is -0.0781. The molecule has 0 aromatic heterocycles. The molecule has 0 fully saturated rings. The molecule has 0 saturated heterocycles. The van der Waals surface area contributed by atoms with Gasteiger partial charge in [-0.25, -0.2) is 0 Å². The molecule has 7 heteroatoms. The largest absolute Gasteiger partial charge is 0.379 e. The molecular weight excluding hydrogens is 328 g/mol. The summed E-state index contributed by atoms with van der Waals surface area (Å²) in [7, 11) is 0. The Hall–Kier alpha value is -0.660. The maximum absolute atomic E-state index is 11.5. The zero-order chi connectivity index (χ0) is 15.4. The highest BCUT2D eigenvalue weighted by Crippen LogP contribution is 1.99. The van der Waals surface area contributed by atoms with Crippen LogP contribution in [0.1, 0.15) is 27.2 Å².